The average molecular weight is 319 g/mol. The Bertz CT molecular complexity index is 693. The van der Waals surface area contributed by atoms with E-state index in [1.54, 1.807) is 18.2 Å². The number of hydrogen-bond acceptors (Lipinski definition) is 1. The molecular weight excluding hydrogens is 307 g/mol. The highest BCUT2D eigenvalue weighted by atomic mass is 35.5. The molecule has 0 aromatic heterocycles. The van der Waals surface area contributed by atoms with Gasteiger partial charge < -0.3 is 5.32 Å². The lowest BCUT2D eigenvalue weighted by molar-refractivity contribution is 0.250. The first kappa shape index (κ1) is 14.0. The molecule has 3 rings (SSSR count). The van der Waals surface area contributed by atoms with Gasteiger partial charge in [0.15, 0.2) is 0 Å². The van der Waals surface area contributed by atoms with Crippen LogP contribution in [-0.4, -0.2) is 12.6 Å². The van der Waals surface area contributed by atoms with Crippen LogP contribution in [0.1, 0.15) is 5.56 Å². The van der Waals surface area contributed by atoms with Crippen LogP contribution in [0.25, 0.3) is 5.70 Å². The molecule has 0 saturated heterocycles. The molecule has 0 aliphatic carbocycles. The van der Waals surface area contributed by atoms with Crippen LogP contribution in [0.15, 0.2) is 54.6 Å². The summed E-state index contributed by atoms with van der Waals surface area (Å²) in [6.45, 7) is 0.416. The van der Waals surface area contributed by atoms with Crippen molar-refractivity contribution in [1.82, 2.24) is 5.32 Å². The number of hydrogen-bond donors (Lipinski definition) is 1. The predicted molar refractivity (Wildman–Crippen MR) is 86.8 cm³/mol. The Balaban J connectivity index is 1.92. The molecule has 1 aliphatic heterocycles. The van der Waals surface area contributed by atoms with E-state index in [1.807, 2.05) is 36.4 Å². The van der Waals surface area contributed by atoms with Crippen LogP contribution in [0.2, 0.25) is 10.0 Å². The van der Waals surface area contributed by atoms with Crippen molar-refractivity contribution in [3.8, 4) is 0 Å². The summed E-state index contributed by atoms with van der Waals surface area (Å²) < 4.78 is 0. The maximum absolute atomic E-state index is 12.3. The van der Waals surface area contributed by atoms with E-state index in [1.165, 1.54) is 4.90 Å². The first-order chi connectivity index (χ1) is 10.2. The lowest BCUT2D eigenvalue weighted by Gasteiger charge is -2.28. The Kier molecular flexibility index (Phi) is 3.86. The molecule has 1 N–H and O–H groups in total. The van der Waals surface area contributed by atoms with Gasteiger partial charge in [-0.15, -0.1) is 0 Å². The fourth-order valence-electron chi connectivity index (χ4n) is 2.25. The molecule has 0 atom stereocenters. The first-order valence-corrected chi connectivity index (χ1v) is 7.20. The Morgan fingerprint density at radius 2 is 1.62 bits per heavy atom. The van der Waals surface area contributed by atoms with Crippen LogP contribution in [-0.2, 0) is 0 Å². The highest BCUT2D eigenvalue weighted by Gasteiger charge is 2.24. The number of para-hydroxylation sites is 1. The topological polar surface area (TPSA) is 32.3 Å². The molecule has 3 nitrogen and oxygen atoms in total. The predicted octanol–water partition coefficient (Wildman–Crippen LogP) is 4.56. The zero-order valence-electron chi connectivity index (χ0n) is 11.0. The second kappa shape index (κ2) is 5.80. The lowest BCUT2D eigenvalue weighted by atomic mass is 10.1. The number of rotatable bonds is 2. The Labute approximate surface area is 132 Å². The molecule has 0 spiro atoms. The molecule has 0 saturated carbocycles. The van der Waals surface area contributed by atoms with Gasteiger partial charge in [0.2, 0.25) is 0 Å². The van der Waals surface area contributed by atoms with E-state index < -0.39 is 0 Å². The van der Waals surface area contributed by atoms with E-state index in [4.69, 9.17) is 23.2 Å². The third-order valence-electron chi connectivity index (χ3n) is 3.26. The van der Waals surface area contributed by atoms with Gasteiger partial charge >= 0.3 is 6.03 Å². The van der Waals surface area contributed by atoms with Gasteiger partial charge in [0, 0.05) is 12.2 Å². The van der Waals surface area contributed by atoms with Crippen LogP contribution in [0.4, 0.5) is 10.5 Å². The summed E-state index contributed by atoms with van der Waals surface area (Å²) in [5.74, 6) is 0. The summed E-state index contributed by atoms with van der Waals surface area (Å²) in [4.78, 5) is 13.9. The SMILES string of the molecule is O=C1NC(c2ccccc2)=CCN1c1c(Cl)cccc1Cl. The third-order valence-corrected chi connectivity index (χ3v) is 3.87. The maximum Gasteiger partial charge on any atom is 0.326 e. The molecule has 0 fully saturated rings. The van der Waals surface area contributed by atoms with Crippen molar-refractivity contribution in [2.24, 2.45) is 0 Å². The first-order valence-electron chi connectivity index (χ1n) is 6.45. The van der Waals surface area contributed by atoms with E-state index in [9.17, 15) is 4.79 Å². The molecule has 106 valence electrons. The van der Waals surface area contributed by atoms with Crippen molar-refractivity contribution < 1.29 is 4.79 Å². The molecule has 0 bridgehead atoms. The zero-order valence-corrected chi connectivity index (χ0v) is 12.5. The van der Waals surface area contributed by atoms with Crippen molar-refractivity contribution in [3.63, 3.8) is 0 Å². The summed E-state index contributed by atoms with van der Waals surface area (Å²) in [6, 6.07) is 14.6. The summed E-state index contributed by atoms with van der Waals surface area (Å²) in [6.07, 6.45) is 1.94. The largest absolute Gasteiger partial charge is 0.326 e. The number of benzene rings is 2. The second-order valence-electron chi connectivity index (χ2n) is 4.59. The number of carbonyl (C=O) groups is 1. The van der Waals surface area contributed by atoms with E-state index in [0.29, 0.717) is 22.3 Å². The van der Waals surface area contributed by atoms with E-state index in [2.05, 4.69) is 5.32 Å². The maximum atomic E-state index is 12.3. The minimum absolute atomic E-state index is 0.244. The minimum atomic E-state index is -0.244. The van der Waals surface area contributed by atoms with Gasteiger partial charge in [-0.2, -0.15) is 0 Å². The number of anilines is 1. The highest BCUT2D eigenvalue weighted by Crippen LogP contribution is 2.34. The van der Waals surface area contributed by atoms with Crippen LogP contribution in [0, 0.1) is 0 Å². The van der Waals surface area contributed by atoms with Gasteiger partial charge in [0.25, 0.3) is 0 Å². The molecule has 5 heteroatoms. The van der Waals surface area contributed by atoms with Crippen LogP contribution in [0.5, 0.6) is 0 Å². The van der Waals surface area contributed by atoms with Crippen molar-refractivity contribution >= 4 is 40.6 Å². The third kappa shape index (κ3) is 2.75. The summed E-state index contributed by atoms with van der Waals surface area (Å²) in [7, 11) is 0. The fraction of sp³-hybridized carbons (Fsp3) is 0.0625. The van der Waals surface area contributed by atoms with E-state index >= 15 is 0 Å². The van der Waals surface area contributed by atoms with Gasteiger partial charge in [-0.3, -0.25) is 4.90 Å². The molecule has 1 heterocycles. The van der Waals surface area contributed by atoms with Gasteiger partial charge in [0.1, 0.15) is 0 Å². The van der Waals surface area contributed by atoms with Crippen molar-refractivity contribution in [2.75, 3.05) is 11.4 Å². The van der Waals surface area contributed by atoms with Gasteiger partial charge in [-0.1, -0.05) is 59.6 Å². The average Bonchev–Trinajstić information content (AvgIpc) is 2.49. The lowest BCUT2D eigenvalue weighted by Crippen LogP contribution is -2.43. The molecule has 2 aromatic rings. The standard InChI is InChI=1S/C16H12Cl2N2O/c17-12-7-4-8-13(18)15(12)20-10-9-14(19-16(20)21)11-5-2-1-3-6-11/h1-9H,10H2,(H,19,21). The number of nitrogens with zero attached hydrogens (tertiary/aromatic N) is 1. The van der Waals surface area contributed by atoms with Crippen LogP contribution in [0.3, 0.4) is 0 Å². The Morgan fingerprint density at radius 3 is 2.24 bits per heavy atom. The van der Waals surface area contributed by atoms with Crippen molar-refractivity contribution in [3.05, 3.63) is 70.2 Å². The quantitative estimate of drug-likeness (QED) is 0.864. The fourth-order valence-corrected chi connectivity index (χ4v) is 2.85. The summed E-state index contributed by atoms with van der Waals surface area (Å²) in [5.41, 5.74) is 2.29. The van der Waals surface area contributed by atoms with Crippen molar-refractivity contribution in [1.29, 1.82) is 0 Å². The van der Waals surface area contributed by atoms with E-state index in [-0.39, 0.29) is 6.03 Å². The molecule has 2 aromatic carbocycles. The second-order valence-corrected chi connectivity index (χ2v) is 5.41. The monoisotopic (exact) mass is 318 g/mol. The molecule has 2 amide bonds. The molecular formula is C16H12Cl2N2O. The number of halogens is 2. The highest BCUT2D eigenvalue weighted by molar-refractivity contribution is 6.40. The van der Waals surface area contributed by atoms with Gasteiger partial charge in [-0.05, 0) is 23.8 Å². The Hall–Kier alpha value is -1.97. The zero-order chi connectivity index (χ0) is 14.8. The molecule has 21 heavy (non-hydrogen) atoms. The summed E-state index contributed by atoms with van der Waals surface area (Å²) in [5, 5.41) is 3.77. The summed E-state index contributed by atoms with van der Waals surface area (Å²) >= 11 is 12.3. The Morgan fingerprint density at radius 1 is 0.952 bits per heavy atom. The number of urea groups is 1. The van der Waals surface area contributed by atoms with Gasteiger partial charge in [0.05, 0.1) is 15.7 Å². The molecule has 0 radical (unpaired) electrons. The van der Waals surface area contributed by atoms with Crippen LogP contribution >= 0.6 is 23.2 Å². The number of amides is 2. The molecule has 1 aliphatic rings. The molecule has 0 unspecified atom stereocenters. The van der Waals surface area contributed by atoms with Gasteiger partial charge in [-0.25, -0.2) is 4.79 Å². The smallest absolute Gasteiger partial charge is 0.307 e. The number of nitrogens with one attached hydrogen (secondary N) is 1. The van der Waals surface area contributed by atoms with E-state index in [0.717, 1.165) is 11.3 Å². The normalized spacial score (nSPS) is 14.7. The van der Waals surface area contributed by atoms with Crippen molar-refractivity contribution in [2.45, 2.75) is 0 Å². The minimum Gasteiger partial charge on any atom is -0.307 e. The van der Waals surface area contributed by atoms with Crippen LogP contribution < -0.4 is 10.2 Å². The number of carbonyl (C=O) groups excluding carboxylic acids is 1.